The van der Waals surface area contributed by atoms with Gasteiger partial charge in [-0.05, 0) is 25.0 Å². The number of nitrogens with two attached hydrogens (primary N) is 1. The van der Waals surface area contributed by atoms with Crippen LogP contribution in [0.5, 0.6) is 0 Å². The molecule has 23 heavy (non-hydrogen) atoms. The number of benzene rings is 1. The van der Waals surface area contributed by atoms with E-state index in [1.807, 2.05) is 0 Å². The van der Waals surface area contributed by atoms with Gasteiger partial charge in [0.15, 0.2) is 0 Å². The van der Waals surface area contributed by atoms with Crippen LogP contribution in [0.15, 0.2) is 18.2 Å². The molecular formula is C14H21N3O6. The Morgan fingerprint density at radius 2 is 2.00 bits per heavy atom. The van der Waals surface area contributed by atoms with E-state index in [0.29, 0.717) is 6.41 Å². The number of methoxy groups -OCH3 is 1. The van der Waals surface area contributed by atoms with E-state index in [1.165, 1.54) is 38.2 Å². The third-order valence-corrected chi connectivity index (χ3v) is 2.59. The van der Waals surface area contributed by atoms with Gasteiger partial charge in [-0.3, -0.25) is 14.9 Å². The highest BCUT2D eigenvalue weighted by atomic mass is 16.6. The second kappa shape index (κ2) is 11.9. The topological polar surface area (TPSA) is 134 Å². The zero-order chi connectivity index (χ0) is 17.7. The largest absolute Gasteiger partial charge is 0.465 e. The molecule has 1 aliphatic rings. The van der Waals surface area contributed by atoms with Crippen molar-refractivity contribution >= 4 is 23.8 Å². The predicted molar refractivity (Wildman–Crippen MR) is 84.0 cm³/mol. The second-order valence-electron chi connectivity index (χ2n) is 4.25. The number of nitro benzene ring substituents is 1. The number of carbonyl (C=O) groups is 2. The van der Waals surface area contributed by atoms with E-state index in [9.17, 15) is 14.9 Å². The number of nitrogens with one attached hydrogen (secondary N) is 1. The normalized spacial score (nSPS) is 11.9. The quantitative estimate of drug-likeness (QED) is 0.279. The Bertz CT molecular complexity index is 510. The van der Waals surface area contributed by atoms with Gasteiger partial charge >= 0.3 is 5.97 Å². The molecule has 1 aromatic carbocycles. The first-order valence-electron chi connectivity index (χ1n) is 6.78. The number of amides is 1. The molecule has 3 N–H and O–H groups in total. The number of hydrogen-bond donors (Lipinski definition) is 2. The van der Waals surface area contributed by atoms with Crippen LogP contribution in [-0.4, -0.2) is 44.7 Å². The molecule has 0 bridgehead atoms. The summed E-state index contributed by atoms with van der Waals surface area (Å²) in [5.41, 5.74) is 5.27. The second-order valence-corrected chi connectivity index (χ2v) is 4.25. The van der Waals surface area contributed by atoms with E-state index in [1.54, 1.807) is 7.05 Å². The van der Waals surface area contributed by atoms with Crippen molar-refractivity contribution in [2.24, 2.45) is 0 Å². The molecule has 1 fully saturated rings. The number of rotatable bonds is 3. The first-order chi connectivity index (χ1) is 11.0. The van der Waals surface area contributed by atoms with E-state index < -0.39 is 10.9 Å². The van der Waals surface area contributed by atoms with Gasteiger partial charge in [0.25, 0.3) is 5.69 Å². The number of anilines is 1. The molecule has 2 rings (SSSR count). The molecule has 0 unspecified atom stereocenters. The number of nitrogens with zero attached hydrogens (tertiary/aromatic N) is 1. The fourth-order valence-electron chi connectivity index (χ4n) is 1.48. The predicted octanol–water partition coefficient (Wildman–Crippen LogP) is 1.12. The third-order valence-electron chi connectivity index (χ3n) is 2.59. The lowest BCUT2D eigenvalue weighted by molar-refractivity contribution is -0.383. The van der Waals surface area contributed by atoms with Crippen LogP contribution in [0.1, 0.15) is 23.2 Å². The first-order valence-corrected chi connectivity index (χ1v) is 6.78. The van der Waals surface area contributed by atoms with Crippen LogP contribution in [0.25, 0.3) is 0 Å². The van der Waals surface area contributed by atoms with Crippen LogP contribution in [0.4, 0.5) is 11.4 Å². The van der Waals surface area contributed by atoms with Crippen molar-refractivity contribution in [2.75, 3.05) is 33.1 Å². The highest BCUT2D eigenvalue weighted by Gasteiger charge is 2.14. The average Bonchev–Trinajstić information content (AvgIpc) is 3.13. The highest BCUT2D eigenvalue weighted by Crippen LogP contribution is 2.22. The van der Waals surface area contributed by atoms with Crippen molar-refractivity contribution in [3.63, 3.8) is 0 Å². The molecule has 0 spiro atoms. The maximum atomic E-state index is 11.0. The Kier molecular flexibility index (Phi) is 10.5. The molecule has 9 nitrogen and oxygen atoms in total. The minimum atomic E-state index is -0.615. The maximum Gasteiger partial charge on any atom is 0.337 e. The molecule has 0 atom stereocenters. The molecule has 1 aliphatic heterocycles. The van der Waals surface area contributed by atoms with Crippen molar-refractivity contribution < 1.29 is 24.0 Å². The molecule has 1 saturated heterocycles. The maximum absolute atomic E-state index is 11.0. The summed E-state index contributed by atoms with van der Waals surface area (Å²) >= 11 is 0. The van der Waals surface area contributed by atoms with Crippen molar-refractivity contribution in [3.8, 4) is 0 Å². The molecule has 128 valence electrons. The SMILES string of the molecule is C1CCOC1.CNC=O.COC(=O)c1ccc([N+](=O)[O-])c(N)c1. The molecule has 1 aromatic rings. The molecule has 0 radical (unpaired) electrons. The van der Waals surface area contributed by atoms with Gasteiger partial charge in [0.05, 0.1) is 17.6 Å². The highest BCUT2D eigenvalue weighted by molar-refractivity contribution is 5.91. The minimum Gasteiger partial charge on any atom is -0.465 e. The summed E-state index contributed by atoms with van der Waals surface area (Å²) in [5, 5.41) is 12.6. The summed E-state index contributed by atoms with van der Waals surface area (Å²) in [6.07, 6.45) is 3.18. The van der Waals surface area contributed by atoms with Crippen LogP contribution >= 0.6 is 0 Å². The van der Waals surface area contributed by atoms with Gasteiger partial charge in [0.2, 0.25) is 6.41 Å². The van der Waals surface area contributed by atoms with Crippen molar-refractivity contribution in [3.05, 3.63) is 33.9 Å². The van der Waals surface area contributed by atoms with Crippen LogP contribution in [0, 0.1) is 10.1 Å². The molecular weight excluding hydrogens is 306 g/mol. The van der Waals surface area contributed by atoms with E-state index in [0.717, 1.165) is 13.2 Å². The summed E-state index contributed by atoms with van der Waals surface area (Å²) < 4.78 is 9.37. The van der Waals surface area contributed by atoms with Gasteiger partial charge in [-0.1, -0.05) is 0 Å². The lowest BCUT2D eigenvalue weighted by atomic mass is 10.2. The number of nitrogen functional groups attached to an aromatic ring is 1. The number of nitro groups is 1. The summed E-state index contributed by atoms with van der Waals surface area (Å²) in [4.78, 5) is 29.8. The van der Waals surface area contributed by atoms with Crippen LogP contribution < -0.4 is 11.1 Å². The van der Waals surface area contributed by atoms with Crippen LogP contribution in [0.3, 0.4) is 0 Å². The Balaban J connectivity index is 0.000000438. The van der Waals surface area contributed by atoms with Gasteiger partial charge in [-0.25, -0.2) is 4.79 Å². The number of carbonyl (C=O) groups excluding carboxylic acids is 2. The van der Waals surface area contributed by atoms with E-state index in [-0.39, 0.29) is 16.9 Å². The number of hydrogen-bond acceptors (Lipinski definition) is 7. The molecule has 1 amide bonds. The smallest absolute Gasteiger partial charge is 0.337 e. The molecule has 0 saturated carbocycles. The summed E-state index contributed by atoms with van der Waals surface area (Å²) in [5.74, 6) is -0.577. The van der Waals surface area contributed by atoms with Gasteiger partial charge in [0.1, 0.15) is 5.69 Å². The van der Waals surface area contributed by atoms with Crippen LogP contribution in [-0.2, 0) is 14.3 Å². The molecule has 1 heterocycles. The fraction of sp³-hybridized carbons (Fsp3) is 0.429. The lowest BCUT2D eigenvalue weighted by Gasteiger charge is -2.00. The van der Waals surface area contributed by atoms with Crippen LogP contribution in [0.2, 0.25) is 0 Å². The number of esters is 1. The molecule has 0 aliphatic carbocycles. The summed E-state index contributed by atoms with van der Waals surface area (Å²) in [7, 11) is 2.78. The van der Waals surface area contributed by atoms with Gasteiger partial charge in [-0.2, -0.15) is 0 Å². The zero-order valence-corrected chi connectivity index (χ0v) is 13.1. The summed E-state index contributed by atoms with van der Waals surface area (Å²) in [6.45, 7) is 2.00. The zero-order valence-electron chi connectivity index (χ0n) is 13.1. The standard InChI is InChI=1S/C8H8N2O4.C4H8O.C2H5NO/c1-14-8(11)5-2-3-7(10(12)13)6(9)4-5;1-2-4-5-3-1;1-3-2-4/h2-4H,9H2,1H3;1-4H2;2H,1H3,(H,3,4). The average molecular weight is 327 g/mol. The van der Waals surface area contributed by atoms with E-state index >= 15 is 0 Å². The Hall–Kier alpha value is -2.68. The van der Waals surface area contributed by atoms with Gasteiger partial charge in [-0.15, -0.1) is 0 Å². The minimum absolute atomic E-state index is 0.0575. The van der Waals surface area contributed by atoms with Crippen molar-refractivity contribution in [1.82, 2.24) is 5.32 Å². The van der Waals surface area contributed by atoms with Gasteiger partial charge < -0.3 is 20.5 Å². The monoisotopic (exact) mass is 327 g/mol. The van der Waals surface area contributed by atoms with Gasteiger partial charge in [0, 0.05) is 26.3 Å². The lowest BCUT2D eigenvalue weighted by Crippen LogP contribution is -2.03. The Morgan fingerprint density at radius 1 is 1.43 bits per heavy atom. The Morgan fingerprint density at radius 3 is 2.30 bits per heavy atom. The molecule has 9 heteroatoms. The molecule has 0 aromatic heterocycles. The van der Waals surface area contributed by atoms with E-state index in [2.05, 4.69) is 10.1 Å². The Labute approximate surface area is 133 Å². The van der Waals surface area contributed by atoms with Crippen molar-refractivity contribution in [2.45, 2.75) is 12.8 Å². The number of ether oxygens (including phenoxy) is 2. The fourth-order valence-corrected chi connectivity index (χ4v) is 1.48. The van der Waals surface area contributed by atoms with Crippen molar-refractivity contribution in [1.29, 1.82) is 0 Å². The van der Waals surface area contributed by atoms with E-state index in [4.69, 9.17) is 15.3 Å². The first kappa shape index (κ1) is 20.3. The third kappa shape index (κ3) is 8.37. The summed E-state index contributed by atoms with van der Waals surface area (Å²) in [6, 6.07) is 3.67.